The van der Waals surface area contributed by atoms with Gasteiger partial charge < -0.3 is 10.2 Å². The monoisotopic (exact) mass is 350 g/mol. The molecule has 1 fully saturated rings. The van der Waals surface area contributed by atoms with Crippen molar-refractivity contribution in [3.63, 3.8) is 0 Å². The summed E-state index contributed by atoms with van der Waals surface area (Å²) < 4.78 is 0. The summed E-state index contributed by atoms with van der Waals surface area (Å²) in [5.41, 5.74) is 2.72. The van der Waals surface area contributed by atoms with Crippen molar-refractivity contribution in [1.29, 1.82) is 0 Å². The van der Waals surface area contributed by atoms with Gasteiger partial charge in [-0.25, -0.2) is 4.79 Å². The van der Waals surface area contributed by atoms with Crippen LogP contribution in [0.5, 0.6) is 0 Å². The molecule has 0 bridgehead atoms. The molecule has 0 aromatic heterocycles. The Bertz CT molecular complexity index is 671. The van der Waals surface area contributed by atoms with E-state index in [2.05, 4.69) is 66.8 Å². The maximum absolute atomic E-state index is 12.6. The minimum Gasteiger partial charge on any atom is -0.338 e. The largest absolute Gasteiger partial charge is 0.338 e. The first-order valence-electron chi connectivity index (χ1n) is 9.87. The van der Waals surface area contributed by atoms with E-state index in [4.69, 9.17) is 0 Å². The van der Waals surface area contributed by atoms with E-state index in [0.717, 1.165) is 45.2 Å². The Labute approximate surface area is 157 Å². The first-order chi connectivity index (χ1) is 12.7. The summed E-state index contributed by atoms with van der Waals surface area (Å²) >= 11 is 0. The standard InChI is InChI=1S/C23H30N2O/c1-19-15-16-22(21-13-6-3-7-14-21)18-25(19)23(26)24-17-9-8-12-20-10-4-2-5-11-20/h2-7,10-11,13-14,19,22H,8-9,12,15-18H2,1H3,(H,24,26). The number of hydrogen-bond acceptors (Lipinski definition) is 1. The van der Waals surface area contributed by atoms with E-state index < -0.39 is 0 Å². The third kappa shape index (κ3) is 5.10. The molecule has 1 N–H and O–H groups in total. The average molecular weight is 351 g/mol. The summed E-state index contributed by atoms with van der Waals surface area (Å²) in [5.74, 6) is 0.455. The molecule has 1 aliphatic heterocycles. The third-order valence-corrected chi connectivity index (χ3v) is 5.43. The summed E-state index contributed by atoms with van der Waals surface area (Å²) in [6.07, 6.45) is 5.43. The lowest BCUT2D eigenvalue weighted by molar-refractivity contribution is 0.149. The smallest absolute Gasteiger partial charge is 0.317 e. The van der Waals surface area contributed by atoms with Gasteiger partial charge in [0.2, 0.25) is 0 Å². The second-order valence-corrected chi connectivity index (χ2v) is 7.36. The normalized spacial score (nSPS) is 20.0. The van der Waals surface area contributed by atoms with Crippen LogP contribution in [0.1, 0.15) is 49.7 Å². The van der Waals surface area contributed by atoms with Gasteiger partial charge in [0, 0.05) is 25.0 Å². The average Bonchev–Trinajstić information content (AvgIpc) is 2.69. The molecule has 1 saturated heterocycles. The molecule has 0 saturated carbocycles. The summed E-state index contributed by atoms with van der Waals surface area (Å²) in [5, 5.41) is 3.13. The quantitative estimate of drug-likeness (QED) is 0.732. The van der Waals surface area contributed by atoms with Crippen molar-refractivity contribution in [1.82, 2.24) is 10.2 Å². The molecular formula is C23H30N2O. The number of likely N-dealkylation sites (tertiary alicyclic amines) is 1. The van der Waals surface area contributed by atoms with Crippen LogP contribution in [0, 0.1) is 0 Å². The van der Waals surface area contributed by atoms with Gasteiger partial charge >= 0.3 is 6.03 Å². The van der Waals surface area contributed by atoms with E-state index in [1.807, 2.05) is 11.0 Å². The fourth-order valence-corrected chi connectivity index (χ4v) is 3.78. The molecule has 2 atom stereocenters. The number of carbonyl (C=O) groups excluding carboxylic acids is 1. The van der Waals surface area contributed by atoms with Crippen LogP contribution in [-0.2, 0) is 6.42 Å². The highest BCUT2D eigenvalue weighted by Crippen LogP contribution is 2.29. The summed E-state index contributed by atoms with van der Waals surface area (Å²) in [6, 6.07) is 21.5. The molecule has 3 heteroatoms. The van der Waals surface area contributed by atoms with Crippen molar-refractivity contribution in [3.05, 3.63) is 71.8 Å². The Morgan fingerprint density at radius 1 is 1.00 bits per heavy atom. The lowest BCUT2D eigenvalue weighted by Gasteiger charge is -2.38. The maximum Gasteiger partial charge on any atom is 0.317 e. The minimum atomic E-state index is 0.0952. The SMILES string of the molecule is CC1CCC(c2ccccc2)CN1C(=O)NCCCCc1ccccc1. The van der Waals surface area contributed by atoms with Gasteiger partial charge in [-0.05, 0) is 50.2 Å². The van der Waals surface area contributed by atoms with Gasteiger partial charge in [0.05, 0.1) is 0 Å². The lowest BCUT2D eigenvalue weighted by Crippen LogP contribution is -2.49. The van der Waals surface area contributed by atoms with E-state index in [9.17, 15) is 4.79 Å². The number of aryl methyl sites for hydroxylation is 1. The number of rotatable bonds is 6. The highest BCUT2D eigenvalue weighted by Gasteiger charge is 2.29. The van der Waals surface area contributed by atoms with Crippen molar-refractivity contribution >= 4 is 6.03 Å². The Kier molecular flexibility index (Phi) is 6.70. The fourth-order valence-electron chi connectivity index (χ4n) is 3.78. The van der Waals surface area contributed by atoms with E-state index in [0.29, 0.717) is 12.0 Å². The number of nitrogens with zero attached hydrogens (tertiary/aromatic N) is 1. The molecule has 138 valence electrons. The number of benzene rings is 2. The van der Waals surface area contributed by atoms with Crippen LogP contribution in [0.15, 0.2) is 60.7 Å². The van der Waals surface area contributed by atoms with Crippen LogP contribution in [0.3, 0.4) is 0 Å². The van der Waals surface area contributed by atoms with E-state index >= 15 is 0 Å². The molecule has 0 spiro atoms. The van der Waals surface area contributed by atoms with Gasteiger partial charge in [0.15, 0.2) is 0 Å². The van der Waals surface area contributed by atoms with Gasteiger partial charge in [-0.2, -0.15) is 0 Å². The topological polar surface area (TPSA) is 32.3 Å². The number of carbonyl (C=O) groups is 1. The molecule has 3 nitrogen and oxygen atoms in total. The van der Waals surface area contributed by atoms with Crippen LogP contribution in [-0.4, -0.2) is 30.1 Å². The lowest BCUT2D eigenvalue weighted by atomic mass is 9.88. The summed E-state index contributed by atoms with van der Waals surface area (Å²) in [4.78, 5) is 14.7. The zero-order chi connectivity index (χ0) is 18.2. The fraction of sp³-hybridized carbons (Fsp3) is 0.435. The Balaban J connectivity index is 1.42. The number of unbranched alkanes of at least 4 members (excludes halogenated alkanes) is 1. The molecule has 1 heterocycles. The molecule has 2 amide bonds. The molecule has 3 rings (SSSR count). The number of hydrogen-bond donors (Lipinski definition) is 1. The second kappa shape index (κ2) is 9.42. The van der Waals surface area contributed by atoms with Gasteiger partial charge in [-0.1, -0.05) is 60.7 Å². The van der Waals surface area contributed by atoms with Gasteiger partial charge in [-0.3, -0.25) is 0 Å². The predicted octanol–water partition coefficient (Wildman–Crippen LogP) is 4.99. The summed E-state index contributed by atoms with van der Waals surface area (Å²) in [7, 11) is 0. The minimum absolute atomic E-state index is 0.0952. The Morgan fingerprint density at radius 2 is 1.69 bits per heavy atom. The number of urea groups is 1. The number of amides is 2. The first-order valence-corrected chi connectivity index (χ1v) is 9.87. The molecule has 0 aliphatic carbocycles. The van der Waals surface area contributed by atoms with E-state index in [1.54, 1.807) is 0 Å². The van der Waals surface area contributed by atoms with Crippen molar-refractivity contribution in [2.24, 2.45) is 0 Å². The van der Waals surface area contributed by atoms with Crippen LogP contribution < -0.4 is 5.32 Å². The van der Waals surface area contributed by atoms with Crippen LogP contribution in [0.4, 0.5) is 4.79 Å². The van der Waals surface area contributed by atoms with Crippen molar-refractivity contribution < 1.29 is 4.79 Å². The predicted molar refractivity (Wildman–Crippen MR) is 107 cm³/mol. The van der Waals surface area contributed by atoms with Crippen molar-refractivity contribution in [3.8, 4) is 0 Å². The van der Waals surface area contributed by atoms with Crippen molar-refractivity contribution in [2.75, 3.05) is 13.1 Å². The maximum atomic E-state index is 12.6. The third-order valence-electron chi connectivity index (χ3n) is 5.43. The highest BCUT2D eigenvalue weighted by atomic mass is 16.2. The number of piperidine rings is 1. The molecule has 0 radical (unpaired) electrons. The Morgan fingerprint density at radius 3 is 2.42 bits per heavy atom. The molecule has 2 aromatic rings. The first kappa shape index (κ1) is 18.5. The molecule has 2 aromatic carbocycles. The van der Waals surface area contributed by atoms with Crippen molar-refractivity contribution in [2.45, 2.75) is 51.0 Å². The zero-order valence-electron chi connectivity index (χ0n) is 15.7. The highest BCUT2D eigenvalue weighted by molar-refractivity contribution is 5.74. The van der Waals surface area contributed by atoms with Crippen LogP contribution >= 0.6 is 0 Å². The van der Waals surface area contributed by atoms with Gasteiger partial charge in [0.1, 0.15) is 0 Å². The second-order valence-electron chi connectivity index (χ2n) is 7.36. The molecule has 26 heavy (non-hydrogen) atoms. The Hall–Kier alpha value is -2.29. The van der Waals surface area contributed by atoms with Crippen LogP contribution in [0.2, 0.25) is 0 Å². The molecule has 2 unspecified atom stereocenters. The molecular weight excluding hydrogens is 320 g/mol. The van der Waals surface area contributed by atoms with Gasteiger partial charge in [-0.15, -0.1) is 0 Å². The summed E-state index contributed by atoms with van der Waals surface area (Å²) in [6.45, 7) is 3.74. The van der Waals surface area contributed by atoms with E-state index in [1.165, 1.54) is 11.1 Å². The zero-order valence-corrected chi connectivity index (χ0v) is 15.7. The molecule has 1 aliphatic rings. The van der Waals surface area contributed by atoms with E-state index in [-0.39, 0.29) is 6.03 Å². The van der Waals surface area contributed by atoms with Crippen LogP contribution in [0.25, 0.3) is 0 Å². The van der Waals surface area contributed by atoms with Gasteiger partial charge in [0.25, 0.3) is 0 Å². The number of nitrogens with one attached hydrogen (secondary N) is 1.